The van der Waals surface area contributed by atoms with E-state index in [-0.39, 0.29) is 0 Å². The SMILES string of the molecule is O=C(O)C1(CN2CCN(c3cccc(Cl)c3)CC2)CC1. The maximum absolute atomic E-state index is 11.2. The second-order valence-electron chi connectivity index (χ2n) is 5.83. The van der Waals surface area contributed by atoms with Gasteiger partial charge in [0, 0.05) is 43.4 Å². The fraction of sp³-hybridized carbons (Fsp3) is 0.533. The first-order chi connectivity index (χ1) is 9.59. The molecule has 3 rings (SSSR count). The van der Waals surface area contributed by atoms with Crippen LogP contribution in [0.25, 0.3) is 0 Å². The number of hydrogen-bond acceptors (Lipinski definition) is 3. The lowest BCUT2D eigenvalue weighted by Gasteiger charge is -2.37. The monoisotopic (exact) mass is 294 g/mol. The molecule has 108 valence electrons. The molecular weight excluding hydrogens is 276 g/mol. The lowest BCUT2D eigenvalue weighted by molar-refractivity contribution is -0.144. The van der Waals surface area contributed by atoms with Crippen molar-refractivity contribution in [1.82, 2.24) is 4.90 Å². The Morgan fingerprint density at radius 2 is 1.95 bits per heavy atom. The molecule has 0 atom stereocenters. The Hall–Kier alpha value is -1.26. The van der Waals surface area contributed by atoms with Crippen molar-refractivity contribution < 1.29 is 9.90 Å². The zero-order valence-electron chi connectivity index (χ0n) is 11.4. The van der Waals surface area contributed by atoms with Crippen LogP contribution < -0.4 is 4.90 Å². The summed E-state index contributed by atoms with van der Waals surface area (Å²) < 4.78 is 0. The quantitative estimate of drug-likeness (QED) is 0.926. The highest BCUT2D eigenvalue weighted by molar-refractivity contribution is 6.30. The number of anilines is 1. The van der Waals surface area contributed by atoms with Gasteiger partial charge >= 0.3 is 5.97 Å². The first-order valence-electron chi connectivity index (χ1n) is 7.05. The van der Waals surface area contributed by atoms with Gasteiger partial charge in [-0.2, -0.15) is 0 Å². The Morgan fingerprint density at radius 1 is 1.25 bits per heavy atom. The Morgan fingerprint density at radius 3 is 2.50 bits per heavy atom. The van der Waals surface area contributed by atoms with Crippen LogP contribution in [0.5, 0.6) is 0 Å². The molecule has 20 heavy (non-hydrogen) atoms. The predicted octanol–water partition coefficient (Wildman–Crippen LogP) is 2.33. The summed E-state index contributed by atoms with van der Waals surface area (Å²) in [6.45, 7) is 4.39. The molecule has 0 radical (unpaired) electrons. The molecule has 1 heterocycles. The standard InChI is InChI=1S/C15H19ClN2O2/c16-12-2-1-3-13(10-12)18-8-6-17(7-9-18)11-15(4-5-15)14(19)20/h1-3,10H,4-9,11H2,(H,19,20). The second-order valence-corrected chi connectivity index (χ2v) is 6.26. The van der Waals surface area contributed by atoms with Crippen molar-refractivity contribution in [2.75, 3.05) is 37.6 Å². The van der Waals surface area contributed by atoms with Crippen LogP contribution in [0, 0.1) is 5.41 Å². The van der Waals surface area contributed by atoms with E-state index in [4.69, 9.17) is 11.6 Å². The number of nitrogens with zero attached hydrogens (tertiary/aromatic N) is 2. The van der Waals surface area contributed by atoms with E-state index in [1.807, 2.05) is 18.2 Å². The number of carbonyl (C=O) groups is 1. The number of benzene rings is 1. The smallest absolute Gasteiger partial charge is 0.310 e. The van der Waals surface area contributed by atoms with Gasteiger partial charge in [0.15, 0.2) is 0 Å². The number of hydrogen-bond donors (Lipinski definition) is 1. The molecule has 1 aromatic carbocycles. The Labute approximate surface area is 123 Å². The van der Waals surface area contributed by atoms with E-state index in [9.17, 15) is 9.90 Å². The summed E-state index contributed by atoms with van der Waals surface area (Å²) in [6.07, 6.45) is 1.66. The first kappa shape index (κ1) is 13.7. The zero-order valence-corrected chi connectivity index (χ0v) is 12.1. The molecule has 1 aliphatic carbocycles. The number of halogens is 1. The summed E-state index contributed by atoms with van der Waals surface area (Å²) in [7, 11) is 0. The fourth-order valence-corrected chi connectivity index (χ4v) is 3.04. The molecule has 2 aliphatic rings. The van der Waals surface area contributed by atoms with Crippen molar-refractivity contribution in [2.24, 2.45) is 5.41 Å². The van der Waals surface area contributed by atoms with Gasteiger partial charge in [-0.1, -0.05) is 17.7 Å². The Bertz CT molecular complexity index is 508. The average Bonchev–Trinajstić information content (AvgIpc) is 3.21. The van der Waals surface area contributed by atoms with Crippen LogP contribution in [-0.4, -0.2) is 48.7 Å². The number of piperazine rings is 1. The molecule has 0 aromatic heterocycles. The fourth-order valence-electron chi connectivity index (χ4n) is 2.86. The minimum absolute atomic E-state index is 0.446. The van der Waals surface area contributed by atoms with Gasteiger partial charge in [-0.15, -0.1) is 0 Å². The number of carboxylic acid groups (broad SMARTS) is 1. The van der Waals surface area contributed by atoms with E-state index in [0.717, 1.165) is 49.7 Å². The summed E-state index contributed by atoms with van der Waals surface area (Å²) in [4.78, 5) is 15.8. The van der Waals surface area contributed by atoms with E-state index in [0.29, 0.717) is 6.54 Å². The van der Waals surface area contributed by atoms with Gasteiger partial charge in [-0.05, 0) is 31.0 Å². The number of aliphatic carboxylic acids is 1. The summed E-state index contributed by atoms with van der Waals surface area (Å²) in [5, 5.41) is 10.0. The van der Waals surface area contributed by atoms with Crippen LogP contribution in [0.3, 0.4) is 0 Å². The second kappa shape index (κ2) is 5.26. The van der Waals surface area contributed by atoms with Crippen molar-refractivity contribution in [1.29, 1.82) is 0 Å². The van der Waals surface area contributed by atoms with E-state index < -0.39 is 11.4 Å². The van der Waals surface area contributed by atoms with Crippen molar-refractivity contribution in [3.8, 4) is 0 Å². The lowest BCUT2D eigenvalue weighted by Crippen LogP contribution is -2.49. The third kappa shape index (κ3) is 2.76. The van der Waals surface area contributed by atoms with Gasteiger partial charge in [-0.25, -0.2) is 0 Å². The van der Waals surface area contributed by atoms with Gasteiger partial charge in [0.2, 0.25) is 0 Å². The largest absolute Gasteiger partial charge is 0.481 e. The third-order valence-corrected chi connectivity index (χ3v) is 4.61. The molecule has 2 fully saturated rings. The summed E-state index contributed by atoms with van der Waals surface area (Å²) in [5.74, 6) is -0.630. The highest BCUT2D eigenvalue weighted by Crippen LogP contribution is 2.46. The maximum Gasteiger partial charge on any atom is 0.310 e. The van der Waals surface area contributed by atoms with Gasteiger partial charge < -0.3 is 10.0 Å². The lowest BCUT2D eigenvalue weighted by atomic mass is 10.1. The van der Waals surface area contributed by atoms with Crippen LogP contribution in [0.1, 0.15) is 12.8 Å². The predicted molar refractivity (Wildman–Crippen MR) is 79.4 cm³/mol. The van der Waals surface area contributed by atoms with E-state index in [2.05, 4.69) is 15.9 Å². The molecule has 0 spiro atoms. The van der Waals surface area contributed by atoms with Crippen molar-refractivity contribution in [3.63, 3.8) is 0 Å². The van der Waals surface area contributed by atoms with Crippen LogP contribution in [0.4, 0.5) is 5.69 Å². The van der Waals surface area contributed by atoms with Crippen LogP contribution >= 0.6 is 11.6 Å². The molecule has 4 nitrogen and oxygen atoms in total. The average molecular weight is 295 g/mol. The minimum Gasteiger partial charge on any atom is -0.481 e. The summed E-state index contributed by atoms with van der Waals surface area (Å²) in [6, 6.07) is 7.90. The van der Waals surface area contributed by atoms with E-state index in [1.165, 1.54) is 0 Å². The Kier molecular flexibility index (Phi) is 3.61. The Balaban J connectivity index is 1.56. The molecule has 1 aromatic rings. The van der Waals surface area contributed by atoms with Crippen molar-refractivity contribution in [2.45, 2.75) is 12.8 Å². The normalized spacial score (nSPS) is 21.8. The molecule has 0 amide bonds. The van der Waals surface area contributed by atoms with Gasteiger partial charge in [-0.3, -0.25) is 9.69 Å². The van der Waals surface area contributed by atoms with Crippen molar-refractivity contribution in [3.05, 3.63) is 29.3 Å². The third-order valence-electron chi connectivity index (χ3n) is 4.38. The maximum atomic E-state index is 11.2. The van der Waals surface area contributed by atoms with Crippen LogP contribution in [0.2, 0.25) is 5.02 Å². The van der Waals surface area contributed by atoms with Gasteiger partial charge in [0.1, 0.15) is 0 Å². The van der Waals surface area contributed by atoms with Crippen LogP contribution in [0.15, 0.2) is 24.3 Å². The summed E-state index contributed by atoms with van der Waals surface area (Å²) >= 11 is 6.02. The molecule has 5 heteroatoms. The topological polar surface area (TPSA) is 43.8 Å². The molecule has 0 bridgehead atoms. The van der Waals surface area contributed by atoms with E-state index >= 15 is 0 Å². The number of rotatable bonds is 4. The number of carboxylic acids is 1. The highest BCUT2D eigenvalue weighted by Gasteiger charge is 2.51. The van der Waals surface area contributed by atoms with Gasteiger partial charge in [0.05, 0.1) is 5.41 Å². The summed E-state index contributed by atoms with van der Waals surface area (Å²) in [5.41, 5.74) is 0.703. The first-order valence-corrected chi connectivity index (χ1v) is 7.43. The zero-order chi connectivity index (χ0) is 14.2. The highest BCUT2D eigenvalue weighted by atomic mass is 35.5. The molecular formula is C15H19ClN2O2. The molecule has 1 aliphatic heterocycles. The van der Waals surface area contributed by atoms with Crippen molar-refractivity contribution >= 4 is 23.3 Å². The van der Waals surface area contributed by atoms with E-state index in [1.54, 1.807) is 0 Å². The van der Waals surface area contributed by atoms with Crippen LogP contribution in [-0.2, 0) is 4.79 Å². The minimum atomic E-state index is -0.630. The molecule has 0 unspecified atom stereocenters. The molecule has 1 saturated heterocycles. The molecule has 1 saturated carbocycles. The van der Waals surface area contributed by atoms with Gasteiger partial charge in [0.25, 0.3) is 0 Å². The molecule has 1 N–H and O–H groups in total.